The Bertz CT molecular complexity index is 155. The molecular weight excluding hydrogens is 150 g/mol. The summed E-state index contributed by atoms with van der Waals surface area (Å²) in [6.07, 6.45) is 2.69. The number of amidine groups is 1. The molecule has 0 saturated carbocycles. The predicted octanol–water partition coefficient (Wildman–Crippen LogP) is 0.848. The van der Waals surface area contributed by atoms with Crippen molar-refractivity contribution in [3.05, 3.63) is 0 Å². The second-order valence-electron chi connectivity index (χ2n) is 3.63. The fourth-order valence-electron chi connectivity index (χ4n) is 1.73. The molecule has 0 spiro atoms. The van der Waals surface area contributed by atoms with Crippen molar-refractivity contribution in [1.82, 2.24) is 4.90 Å². The van der Waals surface area contributed by atoms with Crippen molar-refractivity contribution in [2.24, 2.45) is 10.7 Å². The molecule has 1 heterocycles. The van der Waals surface area contributed by atoms with Crippen molar-refractivity contribution >= 4 is 5.84 Å². The zero-order chi connectivity index (χ0) is 8.97. The zero-order valence-electron chi connectivity index (χ0n) is 8.08. The Hall–Kier alpha value is -0.570. The van der Waals surface area contributed by atoms with E-state index >= 15 is 0 Å². The normalized spacial score (nSPS) is 23.0. The molecule has 1 fully saturated rings. The van der Waals surface area contributed by atoms with Gasteiger partial charge in [-0.15, -0.1) is 0 Å². The van der Waals surface area contributed by atoms with Crippen molar-refractivity contribution in [3.63, 3.8) is 0 Å². The van der Waals surface area contributed by atoms with Crippen LogP contribution in [0.2, 0.25) is 0 Å². The number of rotatable bonds is 3. The van der Waals surface area contributed by atoms with E-state index in [9.17, 15) is 0 Å². The molecule has 1 aliphatic rings. The van der Waals surface area contributed by atoms with Crippen LogP contribution < -0.4 is 5.73 Å². The van der Waals surface area contributed by atoms with Gasteiger partial charge in [-0.1, -0.05) is 0 Å². The van der Waals surface area contributed by atoms with E-state index < -0.39 is 0 Å². The fraction of sp³-hybridized carbons (Fsp3) is 0.889. The summed E-state index contributed by atoms with van der Waals surface area (Å²) >= 11 is 0. The molecule has 0 radical (unpaired) electrons. The van der Waals surface area contributed by atoms with Crippen molar-refractivity contribution < 1.29 is 0 Å². The van der Waals surface area contributed by atoms with Gasteiger partial charge in [0.15, 0.2) is 0 Å². The maximum Gasteiger partial charge on any atom is 0.0909 e. The second kappa shape index (κ2) is 4.45. The quantitative estimate of drug-likeness (QED) is 0.502. The summed E-state index contributed by atoms with van der Waals surface area (Å²) in [5, 5.41) is 0. The van der Waals surface area contributed by atoms with Crippen LogP contribution in [0.15, 0.2) is 4.99 Å². The molecule has 0 aromatic carbocycles. The van der Waals surface area contributed by atoms with Gasteiger partial charge in [-0.2, -0.15) is 0 Å². The van der Waals surface area contributed by atoms with E-state index in [0.717, 1.165) is 6.54 Å². The van der Waals surface area contributed by atoms with Gasteiger partial charge in [0, 0.05) is 6.54 Å². The number of nitrogens with zero attached hydrogens (tertiary/aromatic N) is 2. The molecule has 70 valence electrons. The van der Waals surface area contributed by atoms with Crippen molar-refractivity contribution in [1.29, 1.82) is 0 Å². The van der Waals surface area contributed by atoms with Gasteiger partial charge in [0.25, 0.3) is 0 Å². The minimum Gasteiger partial charge on any atom is -0.388 e. The lowest BCUT2D eigenvalue weighted by Crippen LogP contribution is -2.28. The number of hydrogen-bond acceptors (Lipinski definition) is 2. The van der Waals surface area contributed by atoms with Gasteiger partial charge >= 0.3 is 0 Å². The smallest absolute Gasteiger partial charge is 0.0909 e. The van der Waals surface area contributed by atoms with Crippen molar-refractivity contribution in [3.8, 4) is 0 Å². The lowest BCUT2D eigenvalue weighted by molar-refractivity contribution is 0.321. The molecule has 1 aliphatic heterocycles. The Kier molecular flexibility index (Phi) is 3.53. The highest BCUT2D eigenvalue weighted by atomic mass is 15.2. The summed E-state index contributed by atoms with van der Waals surface area (Å²) in [4.78, 5) is 6.75. The molecule has 0 amide bonds. The molecule has 2 N–H and O–H groups in total. The van der Waals surface area contributed by atoms with E-state index in [-0.39, 0.29) is 0 Å². The Morgan fingerprint density at radius 2 is 2.08 bits per heavy atom. The molecule has 1 unspecified atom stereocenters. The topological polar surface area (TPSA) is 41.6 Å². The molecule has 0 aliphatic carbocycles. The highest BCUT2D eigenvalue weighted by Crippen LogP contribution is 2.08. The Labute approximate surface area is 74.6 Å². The van der Waals surface area contributed by atoms with Gasteiger partial charge in [0.2, 0.25) is 0 Å². The average molecular weight is 169 g/mol. The van der Waals surface area contributed by atoms with E-state index in [1.165, 1.54) is 25.9 Å². The first-order valence-electron chi connectivity index (χ1n) is 4.70. The van der Waals surface area contributed by atoms with E-state index in [2.05, 4.69) is 16.8 Å². The Morgan fingerprint density at radius 3 is 2.58 bits per heavy atom. The summed E-state index contributed by atoms with van der Waals surface area (Å²) in [7, 11) is 0. The molecule has 12 heavy (non-hydrogen) atoms. The van der Waals surface area contributed by atoms with Crippen molar-refractivity contribution in [2.45, 2.75) is 32.7 Å². The van der Waals surface area contributed by atoms with E-state index in [1.807, 2.05) is 6.92 Å². The lowest BCUT2D eigenvalue weighted by atomic mass is 10.3. The van der Waals surface area contributed by atoms with Gasteiger partial charge < -0.3 is 10.6 Å². The van der Waals surface area contributed by atoms with E-state index in [4.69, 9.17) is 5.73 Å². The van der Waals surface area contributed by atoms with Crippen LogP contribution in [0.3, 0.4) is 0 Å². The van der Waals surface area contributed by atoms with Crippen LogP contribution in [0.4, 0.5) is 0 Å². The first kappa shape index (κ1) is 9.52. The SMILES string of the molecule is CC(N)=NC(C)CN1CCCC1. The molecule has 3 heteroatoms. The number of hydrogen-bond donors (Lipinski definition) is 1. The molecule has 0 bridgehead atoms. The largest absolute Gasteiger partial charge is 0.388 e. The van der Waals surface area contributed by atoms with Crippen LogP contribution in [0.5, 0.6) is 0 Å². The minimum absolute atomic E-state index is 0.355. The van der Waals surface area contributed by atoms with E-state index in [1.54, 1.807) is 0 Å². The standard InChI is InChI=1S/C9H19N3/c1-8(11-9(2)10)7-12-5-3-4-6-12/h8H,3-7H2,1-2H3,(H2,10,11). The highest BCUT2D eigenvalue weighted by Gasteiger charge is 2.13. The molecule has 0 aromatic heterocycles. The zero-order valence-corrected chi connectivity index (χ0v) is 8.08. The third kappa shape index (κ3) is 3.22. The number of aliphatic imine (C=N–C) groups is 1. The van der Waals surface area contributed by atoms with Gasteiger partial charge in [0.1, 0.15) is 0 Å². The highest BCUT2D eigenvalue weighted by molar-refractivity contribution is 5.77. The van der Waals surface area contributed by atoms with Crippen LogP contribution in [-0.4, -0.2) is 36.4 Å². The van der Waals surface area contributed by atoms with Crippen LogP contribution >= 0.6 is 0 Å². The molecule has 3 nitrogen and oxygen atoms in total. The Balaban J connectivity index is 2.25. The number of likely N-dealkylation sites (tertiary alicyclic amines) is 1. The van der Waals surface area contributed by atoms with Crippen molar-refractivity contribution in [2.75, 3.05) is 19.6 Å². The predicted molar refractivity (Wildman–Crippen MR) is 52.4 cm³/mol. The summed E-state index contributed by atoms with van der Waals surface area (Å²) in [6.45, 7) is 7.51. The van der Waals surface area contributed by atoms with Gasteiger partial charge in [-0.05, 0) is 39.8 Å². The summed E-state index contributed by atoms with van der Waals surface area (Å²) in [5.74, 6) is 0.696. The van der Waals surface area contributed by atoms with Gasteiger partial charge in [0.05, 0.1) is 11.9 Å². The maximum absolute atomic E-state index is 5.50. The summed E-state index contributed by atoms with van der Waals surface area (Å²) in [6, 6.07) is 0.355. The maximum atomic E-state index is 5.50. The first-order chi connectivity index (χ1) is 5.68. The number of nitrogens with two attached hydrogens (primary N) is 1. The van der Waals surface area contributed by atoms with Crippen LogP contribution in [0.25, 0.3) is 0 Å². The summed E-state index contributed by atoms with van der Waals surface area (Å²) < 4.78 is 0. The lowest BCUT2D eigenvalue weighted by Gasteiger charge is -2.17. The fourth-order valence-corrected chi connectivity index (χ4v) is 1.73. The van der Waals surface area contributed by atoms with E-state index in [0.29, 0.717) is 11.9 Å². The van der Waals surface area contributed by atoms with Crippen LogP contribution in [0, 0.1) is 0 Å². The molecular formula is C9H19N3. The summed E-state index contributed by atoms with van der Waals surface area (Å²) in [5.41, 5.74) is 5.50. The first-order valence-corrected chi connectivity index (χ1v) is 4.70. The van der Waals surface area contributed by atoms with Crippen LogP contribution in [-0.2, 0) is 0 Å². The minimum atomic E-state index is 0.355. The third-order valence-electron chi connectivity index (χ3n) is 2.15. The second-order valence-corrected chi connectivity index (χ2v) is 3.63. The van der Waals surface area contributed by atoms with Crippen LogP contribution in [0.1, 0.15) is 26.7 Å². The molecule has 0 aromatic rings. The Morgan fingerprint density at radius 1 is 1.50 bits per heavy atom. The average Bonchev–Trinajstić information content (AvgIpc) is 2.37. The van der Waals surface area contributed by atoms with Gasteiger partial charge in [-0.25, -0.2) is 0 Å². The van der Waals surface area contributed by atoms with Gasteiger partial charge in [-0.3, -0.25) is 4.99 Å². The molecule has 1 rings (SSSR count). The monoisotopic (exact) mass is 169 g/mol. The third-order valence-corrected chi connectivity index (χ3v) is 2.15. The molecule has 1 atom stereocenters. The molecule has 1 saturated heterocycles.